The van der Waals surface area contributed by atoms with Crippen LogP contribution in [0.5, 0.6) is 0 Å². The molecular formula is C19H40N2O2. The zero-order chi connectivity index (χ0) is 18.2. The first kappa shape index (κ1) is 22.2. The first-order valence-electron chi connectivity index (χ1n) is 9.54. The number of carbonyl (C=O) groups excluding carboxylic acids is 1. The lowest BCUT2D eigenvalue weighted by Crippen LogP contribution is -2.47. The van der Waals surface area contributed by atoms with Gasteiger partial charge in [0.25, 0.3) is 0 Å². The second kappa shape index (κ2) is 10.2. The molecule has 4 heteroatoms. The van der Waals surface area contributed by atoms with Crippen molar-refractivity contribution in [1.82, 2.24) is 9.80 Å². The van der Waals surface area contributed by atoms with Crippen LogP contribution >= 0.6 is 0 Å². The number of piperidine rings is 1. The van der Waals surface area contributed by atoms with Crippen molar-refractivity contribution >= 4 is 6.09 Å². The van der Waals surface area contributed by atoms with E-state index in [1.54, 1.807) is 0 Å². The quantitative estimate of drug-likeness (QED) is 0.731. The fourth-order valence-electron chi connectivity index (χ4n) is 3.16. The van der Waals surface area contributed by atoms with Crippen LogP contribution in [0.1, 0.15) is 75.2 Å². The number of carbonyl (C=O) groups is 1. The normalized spacial score (nSPS) is 24.8. The van der Waals surface area contributed by atoms with Gasteiger partial charge in [0, 0.05) is 31.7 Å². The maximum atomic E-state index is 12.2. The second-order valence-corrected chi connectivity index (χ2v) is 7.10. The highest BCUT2D eigenvalue weighted by atomic mass is 16.6. The summed E-state index contributed by atoms with van der Waals surface area (Å²) in [5.74, 6) is 0.625. The molecule has 1 amide bonds. The van der Waals surface area contributed by atoms with Gasteiger partial charge >= 0.3 is 6.09 Å². The monoisotopic (exact) mass is 328 g/mol. The highest BCUT2D eigenvalue weighted by Crippen LogP contribution is 2.32. The van der Waals surface area contributed by atoms with Gasteiger partial charge in [0.2, 0.25) is 0 Å². The molecule has 2 heterocycles. The van der Waals surface area contributed by atoms with Gasteiger partial charge in [0.15, 0.2) is 0 Å². The molecule has 0 spiro atoms. The first-order chi connectivity index (χ1) is 10.8. The van der Waals surface area contributed by atoms with Gasteiger partial charge in [-0.1, -0.05) is 34.6 Å². The van der Waals surface area contributed by atoms with Crippen LogP contribution in [0.3, 0.4) is 0 Å². The fourth-order valence-corrected chi connectivity index (χ4v) is 3.16. The van der Waals surface area contributed by atoms with Crippen molar-refractivity contribution in [3.63, 3.8) is 0 Å². The van der Waals surface area contributed by atoms with Gasteiger partial charge in [-0.3, -0.25) is 4.90 Å². The third-order valence-electron chi connectivity index (χ3n) is 4.28. The number of nitrogens with zero attached hydrogens (tertiary/aromatic N) is 2. The highest BCUT2D eigenvalue weighted by molar-refractivity contribution is 5.69. The van der Waals surface area contributed by atoms with Crippen molar-refractivity contribution in [1.29, 1.82) is 0 Å². The summed E-state index contributed by atoms with van der Waals surface area (Å²) < 4.78 is 5.52. The molecule has 0 N–H and O–H groups in total. The Balaban J connectivity index is 0.00000112. The van der Waals surface area contributed by atoms with Crippen LogP contribution in [-0.4, -0.2) is 53.2 Å². The highest BCUT2D eigenvalue weighted by Gasteiger charge is 2.42. The lowest BCUT2D eigenvalue weighted by Gasteiger charge is -2.36. The molecule has 0 aromatic carbocycles. The van der Waals surface area contributed by atoms with E-state index in [1.807, 2.05) is 53.4 Å². The summed E-state index contributed by atoms with van der Waals surface area (Å²) in [6.45, 7) is 21.3. The van der Waals surface area contributed by atoms with Crippen molar-refractivity contribution in [2.45, 2.75) is 92.8 Å². The molecule has 2 rings (SSSR count). The Bertz CT molecular complexity index is 339. The van der Waals surface area contributed by atoms with Crippen molar-refractivity contribution in [3.05, 3.63) is 0 Å². The third-order valence-corrected chi connectivity index (χ3v) is 4.28. The molecule has 4 nitrogen and oxygen atoms in total. The second-order valence-electron chi connectivity index (χ2n) is 7.10. The lowest BCUT2D eigenvalue weighted by molar-refractivity contribution is 0.0201. The van der Waals surface area contributed by atoms with Crippen LogP contribution < -0.4 is 0 Å². The fraction of sp³-hybridized carbons (Fsp3) is 0.947. The summed E-state index contributed by atoms with van der Waals surface area (Å²) in [5, 5.41) is 0. The van der Waals surface area contributed by atoms with Gasteiger partial charge in [-0.15, -0.1) is 0 Å². The molecule has 23 heavy (non-hydrogen) atoms. The van der Waals surface area contributed by atoms with Gasteiger partial charge in [0.1, 0.15) is 5.60 Å². The minimum Gasteiger partial charge on any atom is -0.444 e. The molecule has 0 aliphatic carbocycles. The Morgan fingerprint density at radius 3 is 2.17 bits per heavy atom. The Hall–Kier alpha value is -0.770. The SMILES string of the molecule is CC.CC.CC[C@@H](C)N1CC2CC(C1)N(C(=O)OC(C)(C)C)C2. The largest absolute Gasteiger partial charge is 0.444 e. The van der Waals surface area contributed by atoms with E-state index in [1.165, 1.54) is 6.42 Å². The first-order valence-corrected chi connectivity index (χ1v) is 9.54. The number of rotatable bonds is 2. The average molecular weight is 329 g/mol. The number of likely N-dealkylation sites (tertiary alicyclic amines) is 2. The smallest absolute Gasteiger partial charge is 0.410 e. The van der Waals surface area contributed by atoms with E-state index < -0.39 is 5.60 Å². The van der Waals surface area contributed by atoms with E-state index in [-0.39, 0.29) is 6.09 Å². The Morgan fingerprint density at radius 2 is 1.70 bits per heavy atom. The molecule has 2 unspecified atom stereocenters. The summed E-state index contributed by atoms with van der Waals surface area (Å²) in [4.78, 5) is 16.7. The Labute approximate surface area is 144 Å². The van der Waals surface area contributed by atoms with Gasteiger partial charge < -0.3 is 9.64 Å². The standard InChI is InChI=1S/C15H28N2O2.2C2H6/c1-6-11(2)16-8-12-7-13(10-16)17(9-12)14(18)19-15(3,4)5;2*1-2/h11-13H,6-10H2,1-5H3;2*1-2H3/t11-,12?,13?;;/m1../s1. The van der Waals surface area contributed by atoms with Crippen LogP contribution in [0.25, 0.3) is 0 Å². The molecule has 0 aromatic rings. The van der Waals surface area contributed by atoms with Crippen LogP contribution in [0, 0.1) is 5.92 Å². The maximum Gasteiger partial charge on any atom is 0.410 e. The van der Waals surface area contributed by atoms with Crippen molar-refractivity contribution in [2.75, 3.05) is 19.6 Å². The zero-order valence-electron chi connectivity index (χ0n) is 17.0. The number of hydrogen-bond donors (Lipinski definition) is 0. The van der Waals surface area contributed by atoms with Gasteiger partial charge in [-0.25, -0.2) is 4.79 Å². The van der Waals surface area contributed by atoms with E-state index in [9.17, 15) is 4.79 Å². The van der Waals surface area contributed by atoms with E-state index in [0.717, 1.165) is 26.1 Å². The van der Waals surface area contributed by atoms with E-state index in [2.05, 4.69) is 18.7 Å². The predicted molar refractivity (Wildman–Crippen MR) is 98.9 cm³/mol. The average Bonchev–Trinajstić information content (AvgIpc) is 2.83. The minimum atomic E-state index is -0.399. The van der Waals surface area contributed by atoms with Gasteiger partial charge in [0.05, 0.1) is 0 Å². The predicted octanol–water partition coefficient (Wildman–Crippen LogP) is 4.78. The summed E-state index contributed by atoms with van der Waals surface area (Å²) in [6, 6.07) is 0.964. The summed E-state index contributed by atoms with van der Waals surface area (Å²) >= 11 is 0. The van der Waals surface area contributed by atoms with Crippen LogP contribution in [0.15, 0.2) is 0 Å². The van der Waals surface area contributed by atoms with Gasteiger partial charge in [-0.2, -0.15) is 0 Å². The Morgan fingerprint density at radius 1 is 1.13 bits per heavy atom. The molecule has 2 bridgehead atoms. The molecule has 2 fully saturated rings. The zero-order valence-corrected chi connectivity index (χ0v) is 17.0. The van der Waals surface area contributed by atoms with E-state index >= 15 is 0 Å². The van der Waals surface area contributed by atoms with Crippen molar-refractivity contribution in [3.8, 4) is 0 Å². The molecule has 0 radical (unpaired) electrons. The molecule has 138 valence electrons. The van der Waals surface area contributed by atoms with Gasteiger partial charge in [-0.05, 0) is 46.5 Å². The van der Waals surface area contributed by atoms with Crippen LogP contribution in [0.2, 0.25) is 0 Å². The molecule has 2 aliphatic rings. The minimum absolute atomic E-state index is 0.133. The third kappa shape index (κ3) is 6.70. The molecule has 0 aromatic heterocycles. The molecule has 2 saturated heterocycles. The maximum absolute atomic E-state index is 12.2. The molecule has 3 atom stereocenters. The number of fused-ring (bicyclic) bond motifs is 2. The molecule has 2 aliphatic heterocycles. The molecular weight excluding hydrogens is 288 g/mol. The summed E-state index contributed by atoms with van der Waals surface area (Å²) in [7, 11) is 0. The van der Waals surface area contributed by atoms with Crippen LogP contribution in [-0.2, 0) is 4.74 Å². The number of amides is 1. The number of ether oxygens (including phenoxy) is 1. The number of hydrogen-bond acceptors (Lipinski definition) is 3. The van der Waals surface area contributed by atoms with E-state index in [4.69, 9.17) is 4.74 Å². The van der Waals surface area contributed by atoms with Crippen LogP contribution in [0.4, 0.5) is 4.79 Å². The molecule has 0 saturated carbocycles. The Kier molecular flexibility index (Phi) is 9.83. The van der Waals surface area contributed by atoms with Crippen molar-refractivity contribution < 1.29 is 9.53 Å². The topological polar surface area (TPSA) is 32.8 Å². The lowest BCUT2D eigenvalue weighted by atomic mass is 9.98. The summed E-state index contributed by atoms with van der Waals surface area (Å²) in [5.41, 5.74) is -0.399. The summed E-state index contributed by atoms with van der Waals surface area (Å²) in [6.07, 6.45) is 2.18. The van der Waals surface area contributed by atoms with Crippen molar-refractivity contribution in [2.24, 2.45) is 5.92 Å². The van der Waals surface area contributed by atoms with E-state index in [0.29, 0.717) is 18.0 Å².